The second-order valence-corrected chi connectivity index (χ2v) is 7.20. The highest BCUT2D eigenvalue weighted by Gasteiger charge is 2.32. The number of aromatic nitrogens is 5. The lowest BCUT2D eigenvalue weighted by Gasteiger charge is -2.17. The van der Waals surface area contributed by atoms with Gasteiger partial charge in [0.2, 0.25) is 0 Å². The average molecular weight is 496 g/mol. The minimum absolute atomic E-state index is 0.0370. The van der Waals surface area contributed by atoms with E-state index in [-0.39, 0.29) is 17.2 Å². The number of hydrogen-bond acceptors (Lipinski definition) is 9. The van der Waals surface area contributed by atoms with Crippen LogP contribution in [0.2, 0.25) is 0 Å². The standard InChI is InChI=1S/C23H19F3N8O2/c1-27-22(35)14-12-30-19(32-18-8-7-17(33-34-18)23(24,25)26)11-16(14)31-15-6-3-5-13(20(15)36-2)21-28-9-4-10-29-21/h3-12H,1-2H3,(H,27,35)(H2,30,31,32,34). The van der Waals surface area contributed by atoms with E-state index in [1.165, 1.54) is 26.4 Å². The van der Waals surface area contributed by atoms with E-state index in [0.29, 0.717) is 28.5 Å². The summed E-state index contributed by atoms with van der Waals surface area (Å²) in [5.41, 5.74) is 0.574. The second-order valence-electron chi connectivity index (χ2n) is 7.20. The number of nitrogens with one attached hydrogen (secondary N) is 3. The zero-order chi connectivity index (χ0) is 25.7. The van der Waals surface area contributed by atoms with Crippen molar-refractivity contribution in [1.29, 1.82) is 0 Å². The molecule has 184 valence electrons. The number of amides is 1. The Morgan fingerprint density at radius 1 is 0.917 bits per heavy atom. The number of carbonyl (C=O) groups excluding carboxylic acids is 1. The minimum atomic E-state index is -4.60. The maximum atomic E-state index is 12.8. The smallest absolute Gasteiger partial charge is 0.435 e. The molecule has 10 nitrogen and oxygen atoms in total. The monoisotopic (exact) mass is 496 g/mol. The fourth-order valence-electron chi connectivity index (χ4n) is 3.24. The van der Waals surface area contributed by atoms with Crippen molar-refractivity contribution in [3.05, 3.63) is 72.3 Å². The number of hydrogen-bond donors (Lipinski definition) is 3. The first-order valence-electron chi connectivity index (χ1n) is 10.4. The number of methoxy groups -OCH3 is 1. The highest BCUT2D eigenvalue weighted by molar-refractivity contribution is 6.00. The molecule has 0 saturated carbocycles. The Morgan fingerprint density at radius 3 is 2.33 bits per heavy atom. The molecule has 1 amide bonds. The predicted octanol–water partition coefficient (Wildman–Crippen LogP) is 4.20. The maximum Gasteiger partial charge on any atom is 0.435 e. The molecule has 13 heteroatoms. The molecule has 0 aliphatic rings. The van der Waals surface area contributed by atoms with Gasteiger partial charge in [-0.05, 0) is 30.3 Å². The van der Waals surface area contributed by atoms with Crippen molar-refractivity contribution in [3.63, 3.8) is 0 Å². The molecule has 0 radical (unpaired) electrons. The lowest BCUT2D eigenvalue weighted by Crippen LogP contribution is -2.19. The molecule has 36 heavy (non-hydrogen) atoms. The van der Waals surface area contributed by atoms with Gasteiger partial charge in [-0.2, -0.15) is 13.2 Å². The molecule has 0 spiro atoms. The summed E-state index contributed by atoms with van der Waals surface area (Å²) in [5, 5.41) is 15.2. The normalized spacial score (nSPS) is 11.0. The van der Waals surface area contributed by atoms with Gasteiger partial charge >= 0.3 is 6.18 Å². The quantitative estimate of drug-likeness (QED) is 0.345. The van der Waals surface area contributed by atoms with E-state index >= 15 is 0 Å². The molecule has 3 aromatic heterocycles. The lowest BCUT2D eigenvalue weighted by molar-refractivity contribution is -0.141. The molecular weight excluding hydrogens is 477 g/mol. The Morgan fingerprint density at radius 2 is 1.69 bits per heavy atom. The van der Waals surface area contributed by atoms with Gasteiger partial charge in [0.05, 0.1) is 29.6 Å². The van der Waals surface area contributed by atoms with Gasteiger partial charge in [-0.15, -0.1) is 10.2 Å². The van der Waals surface area contributed by atoms with E-state index in [0.717, 1.165) is 12.1 Å². The van der Waals surface area contributed by atoms with Gasteiger partial charge in [0.1, 0.15) is 5.82 Å². The molecule has 0 aliphatic heterocycles. The van der Waals surface area contributed by atoms with E-state index in [1.54, 1.807) is 36.7 Å². The summed E-state index contributed by atoms with van der Waals surface area (Å²) in [5.74, 6) is 0.719. The number of alkyl halides is 3. The topological polar surface area (TPSA) is 127 Å². The highest BCUT2D eigenvalue weighted by atomic mass is 19.4. The highest BCUT2D eigenvalue weighted by Crippen LogP contribution is 2.37. The van der Waals surface area contributed by atoms with Crippen LogP contribution in [0.1, 0.15) is 16.1 Å². The van der Waals surface area contributed by atoms with Crippen LogP contribution in [0.4, 0.5) is 36.2 Å². The van der Waals surface area contributed by atoms with Gasteiger partial charge in [0.15, 0.2) is 23.1 Å². The number of halogens is 3. The van der Waals surface area contributed by atoms with Crippen LogP contribution in [0.25, 0.3) is 11.4 Å². The summed E-state index contributed by atoms with van der Waals surface area (Å²) in [6, 6.07) is 10.4. The van der Waals surface area contributed by atoms with Crippen LogP contribution in [0.5, 0.6) is 5.75 Å². The molecule has 4 rings (SSSR count). The van der Waals surface area contributed by atoms with Gasteiger partial charge in [-0.1, -0.05) is 6.07 Å². The van der Waals surface area contributed by atoms with Crippen molar-refractivity contribution < 1.29 is 22.7 Å². The molecule has 0 atom stereocenters. The summed E-state index contributed by atoms with van der Waals surface area (Å²) in [4.78, 5) is 25.2. The number of pyridine rings is 1. The van der Waals surface area contributed by atoms with E-state index in [2.05, 4.69) is 41.1 Å². The third-order valence-corrected chi connectivity index (χ3v) is 4.88. The fraction of sp³-hybridized carbons (Fsp3) is 0.130. The van der Waals surface area contributed by atoms with Gasteiger partial charge in [0.25, 0.3) is 5.91 Å². The fourth-order valence-corrected chi connectivity index (χ4v) is 3.24. The van der Waals surface area contributed by atoms with Crippen molar-refractivity contribution in [1.82, 2.24) is 30.5 Å². The van der Waals surface area contributed by atoms with Crippen molar-refractivity contribution in [3.8, 4) is 17.1 Å². The predicted molar refractivity (Wildman–Crippen MR) is 125 cm³/mol. The largest absolute Gasteiger partial charge is 0.494 e. The van der Waals surface area contributed by atoms with Crippen molar-refractivity contribution in [2.75, 3.05) is 24.8 Å². The zero-order valence-electron chi connectivity index (χ0n) is 19.0. The molecular formula is C23H19F3N8O2. The van der Waals surface area contributed by atoms with Crippen LogP contribution in [0, 0.1) is 0 Å². The zero-order valence-corrected chi connectivity index (χ0v) is 19.0. The molecule has 4 aromatic rings. The number of ether oxygens (including phenoxy) is 1. The van der Waals surface area contributed by atoms with Crippen LogP contribution >= 0.6 is 0 Å². The third kappa shape index (κ3) is 5.29. The van der Waals surface area contributed by atoms with Gasteiger partial charge in [-0.3, -0.25) is 4.79 Å². The summed E-state index contributed by atoms with van der Waals surface area (Å²) < 4.78 is 43.9. The Kier molecular flexibility index (Phi) is 6.90. The van der Waals surface area contributed by atoms with E-state index < -0.39 is 17.8 Å². The first-order chi connectivity index (χ1) is 17.3. The summed E-state index contributed by atoms with van der Waals surface area (Å²) in [7, 11) is 2.97. The molecule has 0 unspecified atom stereocenters. The van der Waals surface area contributed by atoms with Crippen molar-refractivity contribution in [2.24, 2.45) is 0 Å². The molecule has 0 aliphatic carbocycles. The van der Waals surface area contributed by atoms with E-state index in [9.17, 15) is 18.0 Å². The van der Waals surface area contributed by atoms with Gasteiger partial charge < -0.3 is 20.7 Å². The Hall–Kier alpha value is -4.81. The number of nitrogens with zero attached hydrogens (tertiary/aromatic N) is 5. The molecule has 0 saturated heterocycles. The average Bonchev–Trinajstić information content (AvgIpc) is 2.88. The summed E-state index contributed by atoms with van der Waals surface area (Å²) >= 11 is 0. The summed E-state index contributed by atoms with van der Waals surface area (Å²) in [6.45, 7) is 0. The van der Waals surface area contributed by atoms with E-state index in [1.807, 2.05) is 0 Å². The minimum Gasteiger partial charge on any atom is -0.494 e. The van der Waals surface area contributed by atoms with Crippen LogP contribution in [-0.4, -0.2) is 45.2 Å². The first kappa shape index (κ1) is 24.3. The third-order valence-electron chi connectivity index (χ3n) is 4.88. The molecule has 0 fully saturated rings. The van der Waals surface area contributed by atoms with Crippen molar-refractivity contribution in [2.45, 2.75) is 6.18 Å². The maximum absolute atomic E-state index is 12.8. The molecule has 3 N–H and O–H groups in total. The van der Waals surface area contributed by atoms with Crippen LogP contribution in [-0.2, 0) is 6.18 Å². The van der Waals surface area contributed by atoms with Crippen LogP contribution in [0.15, 0.2) is 61.1 Å². The Bertz CT molecular complexity index is 1370. The number of benzene rings is 1. The number of rotatable bonds is 7. The van der Waals surface area contributed by atoms with Gasteiger partial charge in [-0.25, -0.2) is 15.0 Å². The Balaban J connectivity index is 1.69. The summed E-state index contributed by atoms with van der Waals surface area (Å²) in [6.07, 6.45) is -0.0703. The number of para-hydroxylation sites is 1. The number of anilines is 4. The SMILES string of the molecule is CNC(=O)c1cnc(Nc2ccc(C(F)(F)F)nn2)cc1Nc1cccc(-c2ncccn2)c1OC. The molecule has 0 bridgehead atoms. The molecule has 1 aromatic carbocycles. The number of carbonyl (C=O) groups is 1. The second kappa shape index (κ2) is 10.2. The van der Waals surface area contributed by atoms with Crippen molar-refractivity contribution >= 4 is 28.9 Å². The Labute approximate surface area is 203 Å². The lowest BCUT2D eigenvalue weighted by atomic mass is 10.1. The van der Waals surface area contributed by atoms with Crippen LogP contribution < -0.4 is 20.7 Å². The molecule has 3 heterocycles. The first-order valence-corrected chi connectivity index (χ1v) is 10.4. The van der Waals surface area contributed by atoms with Crippen LogP contribution in [0.3, 0.4) is 0 Å². The van der Waals surface area contributed by atoms with E-state index in [4.69, 9.17) is 4.74 Å². The van der Waals surface area contributed by atoms with Gasteiger partial charge in [0, 0.05) is 31.7 Å².